The predicted molar refractivity (Wildman–Crippen MR) is 110 cm³/mol. The number of likely N-dealkylation sites (tertiary alicyclic amines) is 1. The molecule has 1 aromatic carbocycles. The highest BCUT2D eigenvalue weighted by atomic mass is 32.2. The average Bonchev–Trinajstić information content (AvgIpc) is 2.66. The van der Waals surface area contributed by atoms with E-state index < -0.39 is 15.2 Å². The number of unbranched alkanes of at least 4 members (excludes halogenated alkanes) is 6. The molecule has 0 spiro atoms. The van der Waals surface area contributed by atoms with Crippen LogP contribution in [0.3, 0.4) is 0 Å². The number of carbonyl (C=O) groups is 2. The minimum absolute atomic E-state index is 0.0415. The quantitative estimate of drug-likeness (QED) is 0.402. The van der Waals surface area contributed by atoms with E-state index in [1.165, 1.54) is 37.0 Å². The minimum atomic E-state index is -3.52. The van der Waals surface area contributed by atoms with Gasteiger partial charge in [-0.3, -0.25) is 9.59 Å². The van der Waals surface area contributed by atoms with E-state index in [2.05, 4.69) is 12.2 Å². The van der Waals surface area contributed by atoms with Crippen LogP contribution in [0.2, 0.25) is 0 Å². The van der Waals surface area contributed by atoms with Gasteiger partial charge < -0.3 is 10.2 Å². The van der Waals surface area contributed by atoms with Crippen LogP contribution in [0.25, 0.3) is 0 Å². The van der Waals surface area contributed by atoms with E-state index in [9.17, 15) is 18.0 Å². The fourth-order valence-electron chi connectivity index (χ4n) is 3.36. The molecule has 1 heterocycles. The van der Waals surface area contributed by atoms with E-state index in [4.69, 9.17) is 0 Å². The maximum Gasteiger partial charge on any atom is 0.239 e. The molecule has 1 fully saturated rings. The first-order chi connectivity index (χ1) is 13.4. The number of β-lactam (4-membered cyclic amide) rings is 1. The zero-order chi connectivity index (χ0) is 20.4. The smallest absolute Gasteiger partial charge is 0.239 e. The second-order valence-corrected chi connectivity index (χ2v) is 9.60. The van der Waals surface area contributed by atoms with Crippen molar-refractivity contribution in [2.45, 2.75) is 69.4 Å². The largest absolute Gasteiger partial charge is 0.355 e. The van der Waals surface area contributed by atoms with E-state index in [1.54, 1.807) is 24.3 Å². The summed E-state index contributed by atoms with van der Waals surface area (Å²) in [6.45, 7) is 2.57. The summed E-state index contributed by atoms with van der Waals surface area (Å²) in [4.78, 5) is 25.1. The molecule has 28 heavy (non-hydrogen) atoms. The van der Waals surface area contributed by atoms with Crippen LogP contribution in [0, 0.1) is 0 Å². The fourth-order valence-corrected chi connectivity index (χ4v) is 5.18. The number of benzene rings is 1. The van der Waals surface area contributed by atoms with Crippen molar-refractivity contribution in [2.24, 2.45) is 0 Å². The Balaban J connectivity index is 1.71. The Morgan fingerprint density at radius 3 is 2.36 bits per heavy atom. The van der Waals surface area contributed by atoms with Crippen molar-refractivity contribution in [2.75, 3.05) is 13.1 Å². The second-order valence-electron chi connectivity index (χ2n) is 7.44. The normalized spacial score (nSPS) is 16.7. The molecule has 0 aromatic heterocycles. The molecular formula is C21H32N2O4S. The van der Waals surface area contributed by atoms with Crippen LogP contribution in [-0.4, -0.2) is 43.6 Å². The first-order valence-corrected chi connectivity index (χ1v) is 12.0. The lowest BCUT2D eigenvalue weighted by atomic mass is 10.1. The third-order valence-electron chi connectivity index (χ3n) is 5.06. The molecule has 0 saturated carbocycles. The number of hydrogen-bond acceptors (Lipinski definition) is 4. The van der Waals surface area contributed by atoms with Crippen molar-refractivity contribution < 1.29 is 18.0 Å². The summed E-state index contributed by atoms with van der Waals surface area (Å²) in [5.74, 6) is -0.700. The Labute approximate surface area is 168 Å². The van der Waals surface area contributed by atoms with Crippen molar-refractivity contribution in [3.63, 3.8) is 0 Å². The van der Waals surface area contributed by atoms with Gasteiger partial charge in [-0.25, -0.2) is 8.42 Å². The zero-order valence-corrected chi connectivity index (χ0v) is 17.5. The van der Waals surface area contributed by atoms with Gasteiger partial charge in [0.25, 0.3) is 0 Å². The molecule has 1 saturated heterocycles. The van der Waals surface area contributed by atoms with E-state index in [0.717, 1.165) is 12.8 Å². The molecule has 1 N–H and O–H groups in total. The van der Waals surface area contributed by atoms with Crippen LogP contribution in [0.5, 0.6) is 0 Å². The van der Waals surface area contributed by atoms with Crippen molar-refractivity contribution in [3.8, 4) is 0 Å². The monoisotopic (exact) mass is 408 g/mol. The topological polar surface area (TPSA) is 83.6 Å². The van der Waals surface area contributed by atoms with Gasteiger partial charge in [-0.05, 0) is 12.0 Å². The average molecular weight is 409 g/mol. The standard InChI is InChI=1S/C21H32N2O4S/c1-2-3-4-5-6-7-11-14-22-19(24)16-23-20(25)15-21(23)28(26,27)17-18-12-9-8-10-13-18/h8-10,12-13,21H,2-7,11,14-17H2,1H3,(H,22,24). The second kappa shape index (κ2) is 11.2. The molecule has 0 aliphatic carbocycles. The van der Waals surface area contributed by atoms with Crippen LogP contribution in [-0.2, 0) is 25.2 Å². The predicted octanol–water partition coefficient (Wildman–Crippen LogP) is 3.03. The highest BCUT2D eigenvalue weighted by Gasteiger charge is 2.45. The Morgan fingerprint density at radius 2 is 1.71 bits per heavy atom. The van der Waals surface area contributed by atoms with Gasteiger partial charge in [0.15, 0.2) is 9.84 Å². The highest BCUT2D eigenvalue weighted by molar-refractivity contribution is 7.91. The maximum absolute atomic E-state index is 12.6. The lowest BCUT2D eigenvalue weighted by Gasteiger charge is -2.39. The lowest BCUT2D eigenvalue weighted by Crippen LogP contribution is -2.59. The number of nitrogens with one attached hydrogen (secondary N) is 1. The minimum Gasteiger partial charge on any atom is -0.355 e. The molecule has 6 nitrogen and oxygen atoms in total. The summed E-state index contributed by atoms with van der Waals surface area (Å²) in [5.41, 5.74) is 0.685. The Morgan fingerprint density at radius 1 is 1.07 bits per heavy atom. The Kier molecular flexibility index (Phi) is 8.96. The summed E-state index contributed by atoms with van der Waals surface area (Å²) >= 11 is 0. The summed E-state index contributed by atoms with van der Waals surface area (Å²) < 4.78 is 25.2. The summed E-state index contributed by atoms with van der Waals surface area (Å²) in [6.07, 6.45) is 8.09. The Bertz CT molecular complexity index is 734. The van der Waals surface area contributed by atoms with Gasteiger partial charge in [0.2, 0.25) is 11.8 Å². The van der Waals surface area contributed by atoms with Gasteiger partial charge in [0.1, 0.15) is 11.9 Å². The maximum atomic E-state index is 12.6. The molecule has 156 valence electrons. The van der Waals surface area contributed by atoms with Gasteiger partial charge in [-0.15, -0.1) is 0 Å². The number of amides is 2. The SMILES string of the molecule is CCCCCCCCCNC(=O)CN1C(=O)CC1S(=O)(=O)Cc1ccccc1. The molecule has 1 aliphatic heterocycles. The van der Waals surface area contributed by atoms with E-state index in [1.807, 2.05) is 6.07 Å². The summed E-state index contributed by atoms with van der Waals surface area (Å²) in [7, 11) is -3.52. The van der Waals surface area contributed by atoms with Gasteiger partial charge in [0.05, 0.1) is 12.2 Å². The lowest BCUT2D eigenvalue weighted by molar-refractivity contribution is -0.145. The van der Waals surface area contributed by atoms with Crippen molar-refractivity contribution in [3.05, 3.63) is 35.9 Å². The third-order valence-corrected chi connectivity index (χ3v) is 7.04. The van der Waals surface area contributed by atoms with Gasteiger partial charge in [0, 0.05) is 6.54 Å². The molecule has 2 amide bonds. The van der Waals surface area contributed by atoms with Crippen LogP contribution >= 0.6 is 0 Å². The van der Waals surface area contributed by atoms with Crippen molar-refractivity contribution >= 4 is 21.7 Å². The van der Waals surface area contributed by atoms with Crippen LogP contribution in [0.1, 0.15) is 63.9 Å². The number of carbonyl (C=O) groups excluding carboxylic acids is 2. The number of nitrogens with zero attached hydrogens (tertiary/aromatic N) is 1. The first-order valence-electron chi connectivity index (χ1n) is 10.3. The van der Waals surface area contributed by atoms with Crippen LogP contribution < -0.4 is 5.32 Å². The van der Waals surface area contributed by atoms with E-state index in [-0.39, 0.29) is 30.5 Å². The number of rotatable bonds is 13. The molecule has 1 aromatic rings. The van der Waals surface area contributed by atoms with Crippen molar-refractivity contribution in [1.82, 2.24) is 10.2 Å². The zero-order valence-electron chi connectivity index (χ0n) is 16.7. The van der Waals surface area contributed by atoms with Crippen molar-refractivity contribution in [1.29, 1.82) is 0 Å². The summed E-state index contributed by atoms with van der Waals surface area (Å²) in [6, 6.07) is 8.89. The van der Waals surface area contributed by atoms with Crippen LogP contribution in [0.15, 0.2) is 30.3 Å². The van der Waals surface area contributed by atoms with E-state index in [0.29, 0.717) is 12.1 Å². The van der Waals surface area contributed by atoms with E-state index >= 15 is 0 Å². The first kappa shape index (κ1) is 22.4. The van der Waals surface area contributed by atoms with Crippen LogP contribution in [0.4, 0.5) is 0 Å². The Hall–Kier alpha value is -1.89. The molecule has 0 bridgehead atoms. The van der Waals surface area contributed by atoms with Gasteiger partial charge >= 0.3 is 0 Å². The molecule has 2 rings (SSSR count). The molecule has 0 radical (unpaired) electrons. The highest BCUT2D eigenvalue weighted by Crippen LogP contribution is 2.26. The molecule has 7 heteroatoms. The molecular weight excluding hydrogens is 376 g/mol. The molecule has 1 unspecified atom stereocenters. The van der Waals surface area contributed by atoms with Gasteiger partial charge in [-0.2, -0.15) is 0 Å². The number of sulfone groups is 1. The third kappa shape index (κ3) is 6.93. The molecule has 1 atom stereocenters. The molecule has 1 aliphatic rings. The fraction of sp³-hybridized carbons (Fsp3) is 0.619. The summed E-state index contributed by atoms with van der Waals surface area (Å²) in [5, 5.41) is 1.90. The van der Waals surface area contributed by atoms with Gasteiger partial charge in [-0.1, -0.05) is 75.8 Å². The number of hydrogen-bond donors (Lipinski definition) is 1.